The molecule has 0 amide bonds. The van der Waals surface area contributed by atoms with E-state index in [1.54, 1.807) is 30.2 Å². The number of para-hydroxylation sites is 1. The molecule has 0 saturated carbocycles. The van der Waals surface area contributed by atoms with Gasteiger partial charge in [0.25, 0.3) is 0 Å². The largest absolute Gasteiger partial charge is 0.496 e. The first-order valence-corrected chi connectivity index (χ1v) is 9.79. The topological polar surface area (TPSA) is 34.1 Å². The Balaban J connectivity index is 1.83. The molecule has 2 aromatic carbocycles. The molecule has 0 unspecified atom stereocenters. The zero-order chi connectivity index (χ0) is 16.9. The van der Waals surface area contributed by atoms with Crippen LogP contribution in [0.1, 0.15) is 5.56 Å². The van der Waals surface area contributed by atoms with Crippen molar-refractivity contribution in [1.82, 2.24) is 4.98 Å². The number of aromatic nitrogens is 1. The Morgan fingerprint density at radius 3 is 2.62 bits per heavy atom. The van der Waals surface area contributed by atoms with E-state index in [4.69, 9.17) is 21.3 Å². The van der Waals surface area contributed by atoms with Crippen molar-refractivity contribution in [3.05, 3.63) is 59.1 Å². The standard InChI is InChI=1S/C18H17ClN2OS2/c1-22-15-6-4-3-5-14(15)16-17(23-2)24-18(21-16)20-11-12-7-9-13(19)10-8-12/h3-10H,11H2,1-2H3,(H,20,21). The van der Waals surface area contributed by atoms with E-state index in [9.17, 15) is 0 Å². The van der Waals surface area contributed by atoms with Crippen molar-refractivity contribution >= 4 is 39.8 Å². The predicted molar refractivity (Wildman–Crippen MR) is 105 cm³/mol. The monoisotopic (exact) mass is 376 g/mol. The quantitative estimate of drug-likeness (QED) is 0.551. The molecule has 0 fully saturated rings. The van der Waals surface area contributed by atoms with E-state index in [2.05, 4.69) is 11.6 Å². The molecule has 24 heavy (non-hydrogen) atoms. The van der Waals surface area contributed by atoms with Gasteiger partial charge in [-0.1, -0.05) is 47.2 Å². The van der Waals surface area contributed by atoms with Crippen molar-refractivity contribution in [3.63, 3.8) is 0 Å². The summed E-state index contributed by atoms with van der Waals surface area (Å²) in [5, 5.41) is 5.04. The maximum atomic E-state index is 5.92. The minimum absolute atomic E-state index is 0.712. The van der Waals surface area contributed by atoms with Gasteiger partial charge < -0.3 is 10.1 Å². The highest BCUT2D eigenvalue weighted by atomic mass is 35.5. The van der Waals surface area contributed by atoms with E-state index < -0.39 is 0 Å². The average molecular weight is 377 g/mol. The van der Waals surface area contributed by atoms with Crippen molar-refractivity contribution in [2.24, 2.45) is 0 Å². The lowest BCUT2D eigenvalue weighted by molar-refractivity contribution is 0.416. The Labute approximate surface area is 155 Å². The maximum absolute atomic E-state index is 5.92. The highest BCUT2D eigenvalue weighted by Gasteiger charge is 2.15. The Kier molecular flexibility index (Phi) is 5.66. The van der Waals surface area contributed by atoms with Gasteiger partial charge in [0.2, 0.25) is 0 Å². The molecule has 3 rings (SSSR count). The summed E-state index contributed by atoms with van der Waals surface area (Å²) in [6.45, 7) is 0.712. The van der Waals surface area contributed by atoms with E-state index >= 15 is 0 Å². The van der Waals surface area contributed by atoms with E-state index in [0.29, 0.717) is 6.54 Å². The molecule has 1 aromatic heterocycles. The lowest BCUT2D eigenvalue weighted by Gasteiger charge is -2.06. The van der Waals surface area contributed by atoms with E-state index in [0.717, 1.165) is 31.4 Å². The van der Waals surface area contributed by atoms with Gasteiger partial charge in [-0.25, -0.2) is 4.98 Å². The molecule has 3 aromatic rings. The number of thiazole rings is 1. The number of nitrogens with one attached hydrogen (secondary N) is 1. The van der Waals surface area contributed by atoms with E-state index in [1.165, 1.54) is 5.56 Å². The molecule has 3 nitrogen and oxygen atoms in total. The second kappa shape index (κ2) is 7.92. The number of halogens is 1. The van der Waals surface area contributed by atoms with Crippen LogP contribution in [0.2, 0.25) is 5.02 Å². The second-order valence-corrected chi connectivity index (χ2v) is 7.55. The van der Waals surface area contributed by atoms with Gasteiger partial charge in [-0.05, 0) is 36.1 Å². The first-order chi connectivity index (χ1) is 11.7. The molecule has 1 N–H and O–H groups in total. The number of benzene rings is 2. The van der Waals surface area contributed by atoms with Gasteiger partial charge in [0, 0.05) is 17.1 Å². The fraction of sp³-hybridized carbons (Fsp3) is 0.167. The van der Waals surface area contributed by atoms with E-state index in [1.807, 2.05) is 48.5 Å². The van der Waals surface area contributed by atoms with Crippen LogP contribution >= 0.6 is 34.7 Å². The highest BCUT2D eigenvalue weighted by Crippen LogP contribution is 2.40. The van der Waals surface area contributed by atoms with Gasteiger partial charge >= 0.3 is 0 Å². The van der Waals surface area contributed by atoms with Crippen LogP contribution in [0.3, 0.4) is 0 Å². The van der Waals surface area contributed by atoms with Crippen molar-refractivity contribution in [2.45, 2.75) is 10.8 Å². The van der Waals surface area contributed by atoms with Gasteiger partial charge in [-0.15, -0.1) is 11.8 Å². The number of thioether (sulfide) groups is 1. The molecule has 0 aliphatic heterocycles. The molecule has 0 radical (unpaired) electrons. The number of methoxy groups -OCH3 is 1. The summed E-state index contributed by atoms with van der Waals surface area (Å²) in [6, 6.07) is 15.8. The molecular weight excluding hydrogens is 360 g/mol. The Morgan fingerprint density at radius 1 is 1.17 bits per heavy atom. The molecule has 1 heterocycles. The predicted octanol–water partition coefficient (Wildman–Crippen LogP) is 5.81. The number of hydrogen-bond acceptors (Lipinski definition) is 5. The smallest absolute Gasteiger partial charge is 0.184 e. The Morgan fingerprint density at radius 2 is 1.92 bits per heavy atom. The summed E-state index contributed by atoms with van der Waals surface area (Å²) >= 11 is 9.27. The van der Waals surface area contributed by atoms with Crippen LogP contribution in [0.25, 0.3) is 11.3 Å². The van der Waals surface area contributed by atoms with Crippen LogP contribution in [-0.2, 0) is 6.54 Å². The second-order valence-electron chi connectivity index (χ2n) is 5.04. The Bertz CT molecular complexity index is 818. The van der Waals surface area contributed by atoms with Gasteiger partial charge in [-0.3, -0.25) is 0 Å². The van der Waals surface area contributed by atoms with E-state index in [-0.39, 0.29) is 0 Å². The van der Waals surface area contributed by atoms with Crippen molar-refractivity contribution in [3.8, 4) is 17.0 Å². The third-order valence-corrected chi connectivity index (χ3v) is 5.87. The molecule has 124 valence electrons. The van der Waals surface area contributed by atoms with Crippen LogP contribution < -0.4 is 10.1 Å². The van der Waals surface area contributed by atoms with Gasteiger partial charge in [-0.2, -0.15) is 0 Å². The number of hydrogen-bond donors (Lipinski definition) is 1. The first kappa shape index (κ1) is 17.1. The fourth-order valence-electron chi connectivity index (χ4n) is 2.31. The Hall–Kier alpha value is -1.69. The van der Waals surface area contributed by atoms with Crippen LogP contribution in [0.5, 0.6) is 5.75 Å². The molecule has 0 atom stereocenters. The van der Waals surface area contributed by atoms with Crippen LogP contribution in [-0.4, -0.2) is 18.3 Å². The van der Waals surface area contributed by atoms with Gasteiger partial charge in [0.1, 0.15) is 11.4 Å². The number of nitrogens with zero attached hydrogens (tertiary/aromatic N) is 1. The molecule has 0 aliphatic rings. The zero-order valence-electron chi connectivity index (χ0n) is 13.4. The summed E-state index contributed by atoms with van der Waals surface area (Å²) in [4.78, 5) is 4.77. The molecule has 0 saturated heterocycles. The number of anilines is 1. The average Bonchev–Trinajstić information content (AvgIpc) is 3.04. The van der Waals surface area contributed by atoms with Crippen molar-refractivity contribution < 1.29 is 4.74 Å². The summed E-state index contributed by atoms with van der Waals surface area (Å²) in [6.07, 6.45) is 2.06. The number of rotatable bonds is 6. The van der Waals surface area contributed by atoms with Crippen molar-refractivity contribution in [1.29, 1.82) is 0 Å². The molecule has 0 bridgehead atoms. The zero-order valence-corrected chi connectivity index (χ0v) is 15.8. The molecular formula is C18H17ClN2OS2. The van der Waals surface area contributed by atoms with Crippen LogP contribution in [0.15, 0.2) is 52.7 Å². The number of ether oxygens (including phenoxy) is 1. The maximum Gasteiger partial charge on any atom is 0.184 e. The third-order valence-electron chi connectivity index (χ3n) is 3.50. The molecule has 0 aliphatic carbocycles. The minimum Gasteiger partial charge on any atom is -0.496 e. The van der Waals surface area contributed by atoms with Crippen LogP contribution in [0, 0.1) is 0 Å². The summed E-state index contributed by atoms with van der Waals surface area (Å²) in [5.41, 5.74) is 3.14. The normalized spacial score (nSPS) is 10.6. The first-order valence-electron chi connectivity index (χ1n) is 7.38. The minimum atomic E-state index is 0.712. The fourth-order valence-corrected chi connectivity index (χ4v) is 4.06. The SMILES string of the molecule is COc1ccccc1-c1nc(NCc2ccc(Cl)cc2)sc1SC. The van der Waals surface area contributed by atoms with Gasteiger partial charge in [0.15, 0.2) is 5.13 Å². The lowest BCUT2D eigenvalue weighted by atomic mass is 10.1. The highest BCUT2D eigenvalue weighted by molar-refractivity contribution is 8.00. The summed E-state index contributed by atoms with van der Waals surface area (Å²) in [5.74, 6) is 0.836. The lowest BCUT2D eigenvalue weighted by Crippen LogP contribution is -1.98. The third kappa shape index (κ3) is 3.86. The molecule has 6 heteroatoms. The summed E-state index contributed by atoms with van der Waals surface area (Å²) < 4.78 is 6.64. The van der Waals surface area contributed by atoms with Crippen molar-refractivity contribution in [2.75, 3.05) is 18.7 Å². The summed E-state index contributed by atoms with van der Waals surface area (Å²) in [7, 11) is 1.68. The van der Waals surface area contributed by atoms with Crippen LogP contribution in [0.4, 0.5) is 5.13 Å². The molecule has 0 spiro atoms. The van der Waals surface area contributed by atoms with Gasteiger partial charge in [0.05, 0.1) is 11.3 Å².